The zero-order valence-corrected chi connectivity index (χ0v) is 14.5. The van der Waals surface area contributed by atoms with Crippen LogP contribution in [-0.4, -0.2) is 43.1 Å². The van der Waals surface area contributed by atoms with Gasteiger partial charge in [0.25, 0.3) is 0 Å². The van der Waals surface area contributed by atoms with Crippen LogP contribution in [0, 0.1) is 0 Å². The predicted octanol–water partition coefficient (Wildman–Crippen LogP) is 3.06. The number of amides is 1. The van der Waals surface area contributed by atoms with Crippen molar-refractivity contribution in [3.05, 3.63) is 48.6 Å². The van der Waals surface area contributed by atoms with Gasteiger partial charge in [-0.25, -0.2) is 0 Å². The number of methoxy groups -OCH3 is 1. The molecule has 0 aromatic heterocycles. The van der Waals surface area contributed by atoms with Gasteiger partial charge in [0.05, 0.1) is 19.6 Å². The maximum absolute atomic E-state index is 12.3. The van der Waals surface area contributed by atoms with Gasteiger partial charge in [-0.1, -0.05) is 18.2 Å². The highest BCUT2D eigenvalue weighted by molar-refractivity contribution is 5.92. The number of hydrogen-bond donors (Lipinski definition) is 0. The fourth-order valence-corrected chi connectivity index (χ4v) is 2.01. The summed E-state index contributed by atoms with van der Waals surface area (Å²) < 4.78 is 10.2. The summed E-state index contributed by atoms with van der Waals surface area (Å²) in [7, 11) is 1.33. The molecule has 24 heavy (non-hydrogen) atoms. The number of esters is 1. The van der Waals surface area contributed by atoms with E-state index in [0.29, 0.717) is 13.1 Å². The Bertz CT molecular complexity index is 593. The lowest BCUT2D eigenvalue weighted by Gasteiger charge is -2.18. The maximum Gasteiger partial charge on any atom is 0.307 e. The SMILES string of the molecule is C=CCN(CCC(=O)OC)C(=O)/C=C/c1cccc(OC(C)C)c1. The topological polar surface area (TPSA) is 55.8 Å². The summed E-state index contributed by atoms with van der Waals surface area (Å²) in [6.45, 7) is 8.22. The first-order valence-corrected chi connectivity index (χ1v) is 7.87. The lowest BCUT2D eigenvalue weighted by Crippen LogP contribution is -2.32. The molecule has 0 aliphatic rings. The monoisotopic (exact) mass is 331 g/mol. The van der Waals surface area contributed by atoms with E-state index >= 15 is 0 Å². The zero-order valence-electron chi connectivity index (χ0n) is 14.5. The van der Waals surface area contributed by atoms with Crippen LogP contribution in [0.15, 0.2) is 43.0 Å². The predicted molar refractivity (Wildman–Crippen MR) is 94.7 cm³/mol. The molecule has 0 heterocycles. The van der Waals surface area contributed by atoms with Gasteiger partial charge in [0, 0.05) is 19.2 Å². The average molecular weight is 331 g/mol. The Morgan fingerprint density at radius 3 is 2.71 bits per heavy atom. The van der Waals surface area contributed by atoms with Crippen LogP contribution < -0.4 is 4.74 Å². The van der Waals surface area contributed by atoms with Gasteiger partial charge in [-0.05, 0) is 37.6 Å². The third-order valence-corrected chi connectivity index (χ3v) is 3.12. The molecular formula is C19H25NO4. The highest BCUT2D eigenvalue weighted by atomic mass is 16.5. The van der Waals surface area contributed by atoms with Crippen molar-refractivity contribution in [3.63, 3.8) is 0 Å². The molecule has 130 valence electrons. The molecule has 0 atom stereocenters. The number of rotatable bonds is 9. The van der Waals surface area contributed by atoms with E-state index in [2.05, 4.69) is 11.3 Å². The lowest BCUT2D eigenvalue weighted by atomic mass is 10.2. The van der Waals surface area contributed by atoms with Gasteiger partial charge in [0.1, 0.15) is 5.75 Å². The first-order valence-electron chi connectivity index (χ1n) is 7.87. The van der Waals surface area contributed by atoms with Crippen molar-refractivity contribution >= 4 is 18.0 Å². The molecule has 0 aliphatic heterocycles. The molecule has 0 spiro atoms. The molecule has 5 nitrogen and oxygen atoms in total. The van der Waals surface area contributed by atoms with Crippen LogP contribution in [0.3, 0.4) is 0 Å². The summed E-state index contributed by atoms with van der Waals surface area (Å²) in [6, 6.07) is 7.51. The van der Waals surface area contributed by atoms with E-state index in [-0.39, 0.29) is 24.4 Å². The number of carbonyl (C=O) groups is 2. The molecule has 0 bridgehead atoms. The molecule has 0 saturated heterocycles. The molecule has 0 saturated carbocycles. The van der Waals surface area contributed by atoms with E-state index in [1.54, 1.807) is 12.2 Å². The highest BCUT2D eigenvalue weighted by Crippen LogP contribution is 2.16. The van der Waals surface area contributed by atoms with Gasteiger partial charge < -0.3 is 14.4 Å². The second-order valence-electron chi connectivity index (χ2n) is 5.47. The van der Waals surface area contributed by atoms with Gasteiger partial charge in [-0.3, -0.25) is 9.59 Å². The Morgan fingerprint density at radius 1 is 1.33 bits per heavy atom. The van der Waals surface area contributed by atoms with Crippen LogP contribution >= 0.6 is 0 Å². The molecule has 0 N–H and O–H groups in total. The number of carbonyl (C=O) groups excluding carboxylic acids is 2. The summed E-state index contributed by atoms with van der Waals surface area (Å²) in [5.41, 5.74) is 0.869. The van der Waals surface area contributed by atoms with E-state index < -0.39 is 0 Å². The molecule has 1 rings (SSSR count). The average Bonchev–Trinajstić information content (AvgIpc) is 2.55. The van der Waals surface area contributed by atoms with Crippen molar-refractivity contribution < 1.29 is 19.1 Å². The van der Waals surface area contributed by atoms with Crippen LogP contribution in [0.1, 0.15) is 25.8 Å². The Kier molecular flexibility index (Phi) is 8.33. The molecular weight excluding hydrogens is 306 g/mol. The van der Waals surface area contributed by atoms with Gasteiger partial charge in [0.15, 0.2) is 0 Å². The number of hydrogen-bond acceptors (Lipinski definition) is 4. The molecule has 0 unspecified atom stereocenters. The summed E-state index contributed by atoms with van der Waals surface area (Å²) >= 11 is 0. The smallest absolute Gasteiger partial charge is 0.307 e. The van der Waals surface area contributed by atoms with Crippen LogP contribution in [0.25, 0.3) is 6.08 Å². The van der Waals surface area contributed by atoms with Gasteiger partial charge >= 0.3 is 5.97 Å². The van der Waals surface area contributed by atoms with E-state index in [9.17, 15) is 9.59 Å². The summed E-state index contributed by atoms with van der Waals surface area (Å²) in [5.74, 6) is 0.224. The Balaban J connectivity index is 2.73. The molecule has 1 aromatic rings. The quantitative estimate of drug-likeness (QED) is 0.396. The highest BCUT2D eigenvalue weighted by Gasteiger charge is 2.11. The van der Waals surface area contributed by atoms with Crippen LogP contribution in [-0.2, 0) is 14.3 Å². The summed E-state index contributed by atoms with van der Waals surface area (Å²) in [6.07, 6.45) is 5.08. The summed E-state index contributed by atoms with van der Waals surface area (Å²) in [5, 5.41) is 0. The van der Waals surface area contributed by atoms with E-state index in [1.807, 2.05) is 38.1 Å². The number of nitrogens with zero attached hydrogens (tertiary/aromatic N) is 1. The first kappa shape index (κ1) is 19.5. The van der Waals surface area contributed by atoms with Crippen molar-refractivity contribution in [1.29, 1.82) is 0 Å². The minimum Gasteiger partial charge on any atom is -0.491 e. The van der Waals surface area contributed by atoms with Crippen molar-refractivity contribution in [2.45, 2.75) is 26.4 Å². The molecule has 1 aromatic carbocycles. The minimum atomic E-state index is -0.348. The van der Waals surface area contributed by atoms with E-state index in [4.69, 9.17) is 4.74 Å². The number of benzene rings is 1. The third kappa shape index (κ3) is 7.13. The van der Waals surface area contributed by atoms with Gasteiger partial charge in [0.2, 0.25) is 5.91 Å². The molecule has 1 amide bonds. The standard InChI is InChI=1S/C19H25NO4/c1-5-12-20(13-11-19(22)23-4)18(21)10-9-16-7-6-8-17(14-16)24-15(2)3/h5-10,14-15H,1,11-13H2,2-4H3/b10-9+. The fraction of sp³-hybridized carbons (Fsp3) is 0.368. The number of ether oxygens (including phenoxy) is 2. The van der Waals surface area contributed by atoms with E-state index in [1.165, 1.54) is 18.1 Å². The third-order valence-electron chi connectivity index (χ3n) is 3.12. The second-order valence-corrected chi connectivity index (χ2v) is 5.47. The van der Waals surface area contributed by atoms with Crippen LogP contribution in [0.5, 0.6) is 5.75 Å². The van der Waals surface area contributed by atoms with E-state index in [0.717, 1.165) is 11.3 Å². The van der Waals surface area contributed by atoms with Crippen molar-refractivity contribution in [2.24, 2.45) is 0 Å². The van der Waals surface area contributed by atoms with Crippen LogP contribution in [0.2, 0.25) is 0 Å². The van der Waals surface area contributed by atoms with Gasteiger partial charge in [-0.2, -0.15) is 0 Å². The Labute approximate surface area is 143 Å². The maximum atomic E-state index is 12.3. The molecule has 0 fully saturated rings. The fourth-order valence-electron chi connectivity index (χ4n) is 2.01. The Morgan fingerprint density at radius 2 is 2.08 bits per heavy atom. The van der Waals surface area contributed by atoms with Crippen molar-refractivity contribution in [1.82, 2.24) is 4.90 Å². The van der Waals surface area contributed by atoms with Crippen molar-refractivity contribution in [2.75, 3.05) is 20.2 Å². The molecule has 0 aliphatic carbocycles. The molecule has 0 radical (unpaired) electrons. The minimum absolute atomic E-state index is 0.0901. The Hall–Kier alpha value is -2.56. The largest absolute Gasteiger partial charge is 0.491 e. The normalized spacial score (nSPS) is 10.7. The van der Waals surface area contributed by atoms with Crippen LogP contribution in [0.4, 0.5) is 0 Å². The summed E-state index contributed by atoms with van der Waals surface area (Å²) in [4.78, 5) is 25.0. The second kappa shape index (κ2) is 10.3. The van der Waals surface area contributed by atoms with Crippen molar-refractivity contribution in [3.8, 4) is 5.75 Å². The first-order chi connectivity index (χ1) is 11.5. The molecule has 5 heteroatoms. The van der Waals surface area contributed by atoms with Gasteiger partial charge in [-0.15, -0.1) is 6.58 Å². The zero-order chi connectivity index (χ0) is 17.9. The lowest BCUT2D eigenvalue weighted by molar-refractivity contribution is -0.141.